The Balaban J connectivity index is 5.29. The van der Waals surface area contributed by atoms with Gasteiger partial charge < -0.3 is 15.2 Å². The number of nitrogens with zero attached hydrogens (tertiary/aromatic N) is 1. The summed E-state index contributed by atoms with van der Waals surface area (Å²) in [6.07, 6.45) is 1.40. The summed E-state index contributed by atoms with van der Waals surface area (Å²) in [5.41, 5.74) is 3.82. The van der Waals surface area contributed by atoms with Crippen molar-refractivity contribution in [1.29, 1.82) is 0 Å². The monoisotopic (exact) mass is 329 g/mol. The summed E-state index contributed by atoms with van der Waals surface area (Å²) in [5, 5.41) is 0. The zero-order valence-electron chi connectivity index (χ0n) is 15.0. The third-order valence-electron chi connectivity index (χ3n) is 2.56. The second kappa shape index (κ2) is 8.86. The molecule has 2 N–H and O–H groups in total. The van der Waals surface area contributed by atoms with Crippen LogP contribution in [-0.2, 0) is 14.3 Å². The van der Waals surface area contributed by atoms with Crippen molar-refractivity contribution in [3.63, 3.8) is 0 Å². The van der Waals surface area contributed by atoms with Gasteiger partial charge in [0.15, 0.2) is 0 Å². The van der Waals surface area contributed by atoms with Crippen molar-refractivity contribution in [3.05, 3.63) is 0 Å². The van der Waals surface area contributed by atoms with Crippen molar-refractivity contribution in [1.82, 2.24) is 4.90 Å². The number of unbranched alkanes of at least 4 members (excludes halogenated alkanes) is 1. The lowest BCUT2D eigenvalue weighted by Gasteiger charge is -2.31. The van der Waals surface area contributed by atoms with Crippen molar-refractivity contribution >= 4 is 18.5 Å². The van der Waals surface area contributed by atoms with Crippen LogP contribution >= 0.6 is 0 Å². The predicted molar refractivity (Wildman–Crippen MR) is 86.7 cm³/mol. The molecule has 0 aliphatic carbocycles. The van der Waals surface area contributed by atoms with Crippen LogP contribution in [0.25, 0.3) is 0 Å². The second-order valence-electron chi connectivity index (χ2n) is 7.25. The molecule has 0 unspecified atom stereocenters. The molecule has 0 rings (SSSR count). The van der Waals surface area contributed by atoms with Gasteiger partial charge in [0.2, 0.25) is 6.29 Å². The summed E-state index contributed by atoms with van der Waals surface area (Å²) in [4.78, 5) is 36.6. The Labute approximate surface area is 138 Å². The van der Waals surface area contributed by atoms with Gasteiger partial charge in [0.1, 0.15) is 17.2 Å². The fraction of sp³-hybridized carbons (Fsp3) is 0.812. The standard InChI is InChI=1S/C16H29N2O5/c1-15(2,3)22-13(20)18(14(21)23-16(4,5)6)12(11-19)9-7-8-10-17/h12H,7-10,17H2,1-6H3/t12-/m0/s1. The minimum atomic E-state index is -1.06. The van der Waals surface area contributed by atoms with Gasteiger partial charge in [-0.15, -0.1) is 0 Å². The number of carbonyl (C=O) groups is 2. The highest BCUT2D eigenvalue weighted by molar-refractivity contribution is 5.91. The Morgan fingerprint density at radius 2 is 1.43 bits per heavy atom. The van der Waals surface area contributed by atoms with Crippen LogP contribution in [0, 0.1) is 0 Å². The first-order valence-electron chi connectivity index (χ1n) is 7.74. The number of nitrogens with two attached hydrogens (primary N) is 1. The molecule has 0 aliphatic rings. The van der Waals surface area contributed by atoms with Crippen LogP contribution in [0.4, 0.5) is 9.59 Å². The van der Waals surface area contributed by atoms with E-state index in [2.05, 4.69) is 0 Å². The van der Waals surface area contributed by atoms with E-state index in [1.807, 2.05) is 0 Å². The zero-order valence-corrected chi connectivity index (χ0v) is 15.0. The van der Waals surface area contributed by atoms with E-state index in [1.165, 1.54) is 0 Å². The van der Waals surface area contributed by atoms with Crippen molar-refractivity contribution in [2.75, 3.05) is 6.54 Å². The van der Waals surface area contributed by atoms with Crippen LogP contribution < -0.4 is 5.73 Å². The highest BCUT2D eigenvalue weighted by Crippen LogP contribution is 2.18. The number of imide groups is 1. The van der Waals surface area contributed by atoms with E-state index in [1.54, 1.807) is 47.8 Å². The van der Waals surface area contributed by atoms with Gasteiger partial charge in [0.25, 0.3) is 0 Å². The lowest BCUT2D eigenvalue weighted by molar-refractivity contribution is -0.00309. The molecule has 0 aromatic heterocycles. The van der Waals surface area contributed by atoms with Gasteiger partial charge in [-0.05, 0) is 67.3 Å². The second-order valence-corrected chi connectivity index (χ2v) is 7.25. The number of amides is 2. The Morgan fingerprint density at radius 1 is 1.00 bits per heavy atom. The molecule has 1 radical (unpaired) electrons. The number of hydrogen-bond donors (Lipinski definition) is 1. The summed E-state index contributed by atoms with van der Waals surface area (Å²) < 4.78 is 10.4. The molecule has 7 heteroatoms. The maximum absolute atomic E-state index is 12.3. The summed E-state index contributed by atoms with van der Waals surface area (Å²) in [5.74, 6) is 0. The largest absolute Gasteiger partial charge is 0.443 e. The SMILES string of the molecule is CC(C)(C)OC(=O)N(C(=O)OC(C)(C)C)[C@H]([C]=O)CCCCN. The molecule has 0 aromatic carbocycles. The van der Waals surface area contributed by atoms with Crippen LogP contribution in [0.5, 0.6) is 0 Å². The number of hydrogen-bond acceptors (Lipinski definition) is 6. The molecule has 2 amide bonds. The van der Waals surface area contributed by atoms with Crippen molar-refractivity contribution in [2.45, 2.75) is 78.0 Å². The topological polar surface area (TPSA) is 98.9 Å². The molecule has 0 heterocycles. The Morgan fingerprint density at radius 3 is 1.74 bits per heavy atom. The fourth-order valence-electron chi connectivity index (χ4n) is 1.67. The van der Waals surface area contributed by atoms with Gasteiger partial charge in [0.05, 0.1) is 0 Å². The molecule has 7 nitrogen and oxygen atoms in total. The van der Waals surface area contributed by atoms with Gasteiger partial charge in [-0.2, -0.15) is 0 Å². The van der Waals surface area contributed by atoms with E-state index in [-0.39, 0.29) is 6.42 Å². The van der Waals surface area contributed by atoms with Crippen LogP contribution in [0.1, 0.15) is 60.8 Å². The molecule has 0 fully saturated rings. The minimum Gasteiger partial charge on any atom is -0.443 e. The first-order chi connectivity index (χ1) is 10.4. The van der Waals surface area contributed by atoms with Crippen molar-refractivity contribution in [2.24, 2.45) is 5.73 Å². The van der Waals surface area contributed by atoms with E-state index < -0.39 is 29.4 Å². The molecule has 0 aromatic rings. The van der Waals surface area contributed by atoms with Crippen LogP contribution in [-0.4, -0.2) is 47.2 Å². The smallest absolute Gasteiger partial charge is 0.420 e. The van der Waals surface area contributed by atoms with Gasteiger partial charge >= 0.3 is 12.2 Å². The third kappa shape index (κ3) is 9.18. The maximum Gasteiger partial charge on any atom is 0.420 e. The van der Waals surface area contributed by atoms with Crippen molar-refractivity contribution in [3.8, 4) is 0 Å². The molecule has 133 valence electrons. The molecule has 0 saturated carbocycles. The van der Waals surface area contributed by atoms with Crippen LogP contribution in [0.15, 0.2) is 0 Å². The molecule has 0 saturated heterocycles. The zero-order chi connectivity index (χ0) is 18.3. The maximum atomic E-state index is 12.3. The van der Waals surface area contributed by atoms with Crippen molar-refractivity contribution < 1.29 is 23.9 Å². The van der Waals surface area contributed by atoms with Gasteiger partial charge in [-0.3, -0.25) is 4.79 Å². The van der Waals surface area contributed by atoms with E-state index in [9.17, 15) is 14.4 Å². The first kappa shape index (κ1) is 21.4. The normalized spacial score (nSPS) is 13.2. The molecule has 0 spiro atoms. The molecule has 0 bridgehead atoms. The summed E-state index contributed by atoms with van der Waals surface area (Å²) in [7, 11) is 0. The predicted octanol–water partition coefficient (Wildman–Crippen LogP) is 2.77. The molecule has 23 heavy (non-hydrogen) atoms. The summed E-state index contributed by atoms with van der Waals surface area (Å²) in [6, 6.07) is -1.06. The van der Waals surface area contributed by atoms with Gasteiger partial charge in [0, 0.05) is 0 Å². The highest BCUT2D eigenvalue weighted by atomic mass is 16.6. The highest BCUT2D eigenvalue weighted by Gasteiger charge is 2.36. The van der Waals surface area contributed by atoms with Gasteiger partial charge in [-0.1, -0.05) is 0 Å². The Kier molecular flexibility index (Phi) is 8.23. The molecule has 0 aliphatic heterocycles. The number of ether oxygens (including phenoxy) is 2. The minimum absolute atomic E-state index is 0.263. The molecular formula is C16H29N2O5. The average Bonchev–Trinajstić information content (AvgIpc) is 2.33. The first-order valence-corrected chi connectivity index (χ1v) is 7.74. The van der Waals surface area contributed by atoms with Gasteiger partial charge in [-0.25, -0.2) is 14.5 Å². The lowest BCUT2D eigenvalue weighted by atomic mass is 10.1. The fourth-order valence-corrected chi connectivity index (χ4v) is 1.67. The quantitative estimate of drug-likeness (QED) is 0.752. The van der Waals surface area contributed by atoms with Crippen LogP contribution in [0.3, 0.4) is 0 Å². The Hall–Kier alpha value is -1.63. The third-order valence-corrected chi connectivity index (χ3v) is 2.56. The number of carbonyl (C=O) groups excluding carboxylic acids is 3. The summed E-state index contributed by atoms with van der Waals surface area (Å²) in [6.45, 7) is 10.5. The van der Waals surface area contributed by atoms with E-state index >= 15 is 0 Å². The molecule has 1 atom stereocenters. The van der Waals surface area contributed by atoms with E-state index in [0.29, 0.717) is 24.3 Å². The van der Waals surface area contributed by atoms with Crippen LogP contribution in [0.2, 0.25) is 0 Å². The van der Waals surface area contributed by atoms with E-state index in [4.69, 9.17) is 15.2 Å². The molecular weight excluding hydrogens is 300 g/mol. The lowest BCUT2D eigenvalue weighted by Crippen LogP contribution is -2.49. The van der Waals surface area contributed by atoms with E-state index in [0.717, 1.165) is 0 Å². The average molecular weight is 329 g/mol. The Bertz CT molecular complexity index is 382. The number of rotatable bonds is 6. The summed E-state index contributed by atoms with van der Waals surface area (Å²) >= 11 is 0.